The third kappa shape index (κ3) is 5.50. The van der Waals surface area contributed by atoms with Crippen LogP contribution >= 0.6 is 0 Å². The zero-order valence-electron chi connectivity index (χ0n) is 15.1. The summed E-state index contributed by atoms with van der Waals surface area (Å²) in [6.07, 6.45) is -3.71. The van der Waals surface area contributed by atoms with Gasteiger partial charge in [0, 0.05) is 18.0 Å². The molecule has 0 radical (unpaired) electrons. The van der Waals surface area contributed by atoms with E-state index in [1.807, 2.05) is 20.8 Å². The van der Waals surface area contributed by atoms with Gasteiger partial charge in [-0.15, -0.1) is 0 Å². The van der Waals surface area contributed by atoms with Gasteiger partial charge in [-0.25, -0.2) is 4.98 Å². The van der Waals surface area contributed by atoms with Gasteiger partial charge in [-0.3, -0.25) is 0 Å². The van der Waals surface area contributed by atoms with Crippen molar-refractivity contribution >= 4 is 11.6 Å². The lowest BCUT2D eigenvalue weighted by atomic mass is 10.3. The molecule has 0 amide bonds. The Balaban J connectivity index is 2.28. The first-order valence-electron chi connectivity index (χ1n) is 8.33. The average Bonchev–Trinajstić information content (AvgIpc) is 2.53. The second-order valence-corrected chi connectivity index (χ2v) is 6.07. The number of nitrogens with zero attached hydrogens (tertiary/aromatic N) is 2. The van der Waals surface area contributed by atoms with Crippen LogP contribution in [-0.4, -0.2) is 22.2 Å². The Morgan fingerprint density at radius 1 is 1.15 bits per heavy atom. The summed E-state index contributed by atoms with van der Waals surface area (Å²) in [5.41, 5.74) is -0.405. The molecule has 1 heterocycles. The van der Waals surface area contributed by atoms with Crippen LogP contribution in [0.2, 0.25) is 0 Å². The van der Waals surface area contributed by atoms with E-state index in [4.69, 9.17) is 9.47 Å². The third-order valence-corrected chi connectivity index (χ3v) is 3.41. The van der Waals surface area contributed by atoms with Crippen molar-refractivity contribution in [2.45, 2.75) is 52.5 Å². The fourth-order valence-corrected chi connectivity index (χ4v) is 2.03. The summed E-state index contributed by atoms with van der Waals surface area (Å²) in [5.74, 6) is 0.157. The van der Waals surface area contributed by atoms with Crippen LogP contribution in [0.5, 0.6) is 11.6 Å². The number of rotatable bonds is 7. The Bertz CT molecular complexity index is 736. The number of halogens is 3. The summed E-state index contributed by atoms with van der Waals surface area (Å²) < 4.78 is 50.3. The fraction of sp³-hybridized carbons (Fsp3) is 0.444. The van der Waals surface area contributed by atoms with Gasteiger partial charge >= 0.3 is 6.18 Å². The maximum absolute atomic E-state index is 13.1. The molecule has 0 bridgehead atoms. The highest BCUT2D eigenvalue weighted by Gasteiger charge is 2.36. The molecule has 5 nitrogen and oxygen atoms in total. The first-order valence-corrected chi connectivity index (χ1v) is 8.33. The molecule has 142 valence electrons. The molecule has 2 aromatic rings. The van der Waals surface area contributed by atoms with Gasteiger partial charge in [0.05, 0.1) is 12.2 Å². The Labute approximate surface area is 150 Å². The highest BCUT2D eigenvalue weighted by atomic mass is 19.4. The summed E-state index contributed by atoms with van der Waals surface area (Å²) in [6, 6.07) is 7.01. The van der Waals surface area contributed by atoms with Gasteiger partial charge in [0.15, 0.2) is 0 Å². The Kier molecular flexibility index (Phi) is 6.28. The molecule has 8 heteroatoms. The number of nitrogens with one attached hydrogen (secondary N) is 1. The van der Waals surface area contributed by atoms with Crippen molar-refractivity contribution in [2.75, 3.05) is 5.32 Å². The summed E-state index contributed by atoms with van der Waals surface area (Å²) in [6.45, 7) is 7.30. The highest BCUT2D eigenvalue weighted by Crippen LogP contribution is 2.36. The standard InChI is InChI=1S/C18H22F3N3O2/c1-5-12(4)26-16-15(18(19,20)21)10-22-17(24-16)23-13-7-6-8-14(9-13)25-11(2)3/h6-12H,5H2,1-4H3,(H,22,23,24). The van der Waals surface area contributed by atoms with Crippen LogP contribution in [0.1, 0.15) is 39.7 Å². The zero-order valence-corrected chi connectivity index (χ0v) is 15.1. The minimum Gasteiger partial charge on any atom is -0.491 e. The van der Waals surface area contributed by atoms with Gasteiger partial charge in [-0.05, 0) is 39.3 Å². The SMILES string of the molecule is CCC(C)Oc1nc(Nc2cccc(OC(C)C)c2)ncc1C(F)(F)F. The second kappa shape index (κ2) is 8.25. The monoisotopic (exact) mass is 369 g/mol. The Morgan fingerprint density at radius 3 is 2.50 bits per heavy atom. The quantitative estimate of drug-likeness (QED) is 0.727. The molecule has 0 fully saturated rings. The van der Waals surface area contributed by atoms with E-state index in [9.17, 15) is 13.2 Å². The van der Waals surface area contributed by atoms with Crippen molar-refractivity contribution in [3.8, 4) is 11.6 Å². The summed E-state index contributed by atoms with van der Waals surface area (Å²) in [5, 5.41) is 2.88. The maximum atomic E-state index is 13.1. The molecule has 26 heavy (non-hydrogen) atoms. The largest absolute Gasteiger partial charge is 0.491 e. The van der Waals surface area contributed by atoms with Crippen LogP contribution in [0.25, 0.3) is 0 Å². The van der Waals surface area contributed by atoms with Gasteiger partial charge in [0.2, 0.25) is 11.8 Å². The van der Waals surface area contributed by atoms with Crippen LogP contribution in [0, 0.1) is 0 Å². The normalized spacial score (nSPS) is 12.8. The Hall–Kier alpha value is -2.51. The predicted molar refractivity (Wildman–Crippen MR) is 92.9 cm³/mol. The first kappa shape index (κ1) is 19.8. The van der Waals surface area contributed by atoms with Crippen molar-refractivity contribution in [1.82, 2.24) is 9.97 Å². The molecular weight excluding hydrogens is 347 g/mol. The molecule has 0 aliphatic rings. The molecule has 1 aromatic heterocycles. The maximum Gasteiger partial charge on any atom is 0.423 e. The second-order valence-electron chi connectivity index (χ2n) is 6.07. The van der Waals surface area contributed by atoms with Gasteiger partial charge in [-0.1, -0.05) is 13.0 Å². The number of ether oxygens (including phenoxy) is 2. The molecule has 0 spiro atoms. The van der Waals surface area contributed by atoms with Crippen LogP contribution in [0.3, 0.4) is 0 Å². The minimum absolute atomic E-state index is 0.00287. The van der Waals surface area contributed by atoms with Crippen molar-refractivity contribution in [2.24, 2.45) is 0 Å². The van der Waals surface area contributed by atoms with Crippen LogP contribution in [0.15, 0.2) is 30.5 Å². The molecule has 1 aromatic carbocycles. The lowest BCUT2D eigenvalue weighted by Crippen LogP contribution is -2.17. The van der Waals surface area contributed by atoms with Crippen molar-refractivity contribution in [3.05, 3.63) is 36.0 Å². The predicted octanol–water partition coefficient (Wildman–Crippen LogP) is 5.20. The minimum atomic E-state index is -4.59. The lowest BCUT2D eigenvalue weighted by molar-refractivity contribution is -0.139. The van der Waals surface area contributed by atoms with E-state index in [2.05, 4.69) is 15.3 Å². The van der Waals surface area contributed by atoms with E-state index in [1.165, 1.54) is 0 Å². The summed E-state index contributed by atoms with van der Waals surface area (Å²) in [7, 11) is 0. The fourth-order valence-electron chi connectivity index (χ4n) is 2.03. The van der Waals surface area contributed by atoms with E-state index in [1.54, 1.807) is 31.2 Å². The van der Waals surface area contributed by atoms with Gasteiger partial charge in [0.25, 0.3) is 0 Å². The van der Waals surface area contributed by atoms with E-state index >= 15 is 0 Å². The number of aromatic nitrogens is 2. The summed E-state index contributed by atoms with van der Waals surface area (Å²) >= 11 is 0. The molecule has 1 atom stereocenters. The molecule has 0 aliphatic heterocycles. The van der Waals surface area contributed by atoms with E-state index < -0.39 is 23.7 Å². The molecule has 0 saturated heterocycles. The van der Waals surface area contributed by atoms with Gasteiger partial charge < -0.3 is 14.8 Å². The topological polar surface area (TPSA) is 56.3 Å². The smallest absolute Gasteiger partial charge is 0.423 e. The average molecular weight is 369 g/mol. The number of hydrogen-bond donors (Lipinski definition) is 1. The van der Waals surface area contributed by atoms with Crippen LogP contribution in [0.4, 0.5) is 24.8 Å². The van der Waals surface area contributed by atoms with E-state index in [0.717, 1.165) is 6.20 Å². The molecular formula is C18H22F3N3O2. The molecule has 1 N–H and O–H groups in total. The van der Waals surface area contributed by atoms with Crippen molar-refractivity contribution < 1.29 is 22.6 Å². The van der Waals surface area contributed by atoms with Gasteiger partial charge in [0.1, 0.15) is 11.3 Å². The van der Waals surface area contributed by atoms with Gasteiger partial charge in [-0.2, -0.15) is 18.2 Å². The molecule has 2 rings (SSSR count). The first-order chi connectivity index (χ1) is 12.2. The van der Waals surface area contributed by atoms with Crippen LogP contribution < -0.4 is 14.8 Å². The zero-order chi connectivity index (χ0) is 19.3. The third-order valence-electron chi connectivity index (χ3n) is 3.41. The number of benzene rings is 1. The van der Waals surface area contributed by atoms with Crippen LogP contribution in [-0.2, 0) is 6.18 Å². The Morgan fingerprint density at radius 2 is 1.88 bits per heavy atom. The van der Waals surface area contributed by atoms with E-state index in [-0.39, 0.29) is 12.1 Å². The molecule has 0 aliphatic carbocycles. The van der Waals surface area contributed by atoms with Crippen molar-refractivity contribution in [1.29, 1.82) is 0 Å². The summed E-state index contributed by atoms with van der Waals surface area (Å²) in [4.78, 5) is 7.67. The lowest BCUT2D eigenvalue weighted by Gasteiger charge is -2.17. The number of alkyl halides is 3. The number of anilines is 2. The van der Waals surface area contributed by atoms with Crippen molar-refractivity contribution in [3.63, 3.8) is 0 Å². The van der Waals surface area contributed by atoms with E-state index in [0.29, 0.717) is 17.9 Å². The molecule has 0 saturated carbocycles. The molecule has 1 unspecified atom stereocenters. The number of hydrogen-bond acceptors (Lipinski definition) is 5. The highest BCUT2D eigenvalue weighted by molar-refractivity contribution is 5.56.